The van der Waals surface area contributed by atoms with E-state index < -0.39 is 10.2 Å². The molecular formula is C20H30N6O2S. The Bertz CT molecular complexity index is 955. The second-order valence-electron chi connectivity index (χ2n) is 7.38. The van der Waals surface area contributed by atoms with E-state index in [4.69, 9.17) is 0 Å². The van der Waals surface area contributed by atoms with Crippen molar-refractivity contribution >= 4 is 21.8 Å². The molecule has 9 heteroatoms. The number of rotatable bonds is 7. The van der Waals surface area contributed by atoms with Crippen LogP contribution in [0.3, 0.4) is 0 Å². The molecule has 0 saturated carbocycles. The Kier molecular flexibility index (Phi) is 6.50. The highest BCUT2D eigenvalue weighted by Crippen LogP contribution is 2.35. The van der Waals surface area contributed by atoms with E-state index in [1.54, 1.807) is 4.31 Å². The van der Waals surface area contributed by atoms with Crippen LogP contribution in [-0.4, -0.2) is 51.6 Å². The van der Waals surface area contributed by atoms with E-state index >= 15 is 0 Å². The van der Waals surface area contributed by atoms with Crippen molar-refractivity contribution in [3.8, 4) is 0 Å². The van der Waals surface area contributed by atoms with Gasteiger partial charge in [0.25, 0.3) is 10.2 Å². The summed E-state index contributed by atoms with van der Waals surface area (Å²) in [4.78, 5) is 13.5. The molecule has 1 aliphatic rings. The molecular weight excluding hydrogens is 388 g/mol. The van der Waals surface area contributed by atoms with Gasteiger partial charge >= 0.3 is 0 Å². The minimum Gasteiger partial charge on any atom is -0.324 e. The topological polar surface area (TPSA) is 91.3 Å². The average Bonchev–Trinajstić information content (AvgIpc) is 3.12. The molecule has 0 unspecified atom stereocenters. The molecule has 0 bridgehead atoms. The van der Waals surface area contributed by atoms with Gasteiger partial charge in [-0.05, 0) is 51.8 Å². The van der Waals surface area contributed by atoms with Crippen molar-refractivity contribution in [2.75, 3.05) is 25.0 Å². The standard InChI is InChI=1S/C20H30N6O2S/c1-6-25(7-2)29(27,28)26-10-8-9-19(26)18-13-17(12-16(5)21-18)24-20-22-14(3)11-15(4)23-20/h11-13,19H,6-10H2,1-5H3,(H,21,22,23,24)/t19-/m0/s1. The maximum absolute atomic E-state index is 13.1. The van der Waals surface area contributed by atoms with Crippen LogP contribution in [0.2, 0.25) is 0 Å². The van der Waals surface area contributed by atoms with E-state index in [1.807, 2.05) is 52.8 Å². The highest BCUT2D eigenvalue weighted by atomic mass is 32.2. The number of pyridine rings is 1. The van der Waals surface area contributed by atoms with Gasteiger partial charge in [0, 0.05) is 42.4 Å². The van der Waals surface area contributed by atoms with Crippen molar-refractivity contribution in [2.45, 2.75) is 53.5 Å². The van der Waals surface area contributed by atoms with Gasteiger partial charge in [-0.1, -0.05) is 13.8 Å². The van der Waals surface area contributed by atoms with Gasteiger partial charge in [0.2, 0.25) is 5.95 Å². The molecule has 2 aromatic heterocycles. The van der Waals surface area contributed by atoms with Crippen LogP contribution >= 0.6 is 0 Å². The van der Waals surface area contributed by atoms with E-state index in [1.165, 1.54) is 4.31 Å². The Morgan fingerprint density at radius 2 is 1.66 bits per heavy atom. The third-order valence-electron chi connectivity index (χ3n) is 5.08. The fourth-order valence-corrected chi connectivity index (χ4v) is 5.70. The molecule has 0 aliphatic carbocycles. The van der Waals surface area contributed by atoms with Crippen LogP contribution in [0.15, 0.2) is 18.2 Å². The van der Waals surface area contributed by atoms with Gasteiger partial charge in [0.1, 0.15) is 0 Å². The molecule has 158 valence electrons. The average molecular weight is 419 g/mol. The quantitative estimate of drug-likeness (QED) is 0.742. The number of aryl methyl sites for hydroxylation is 3. The zero-order valence-corrected chi connectivity index (χ0v) is 18.6. The smallest absolute Gasteiger partial charge is 0.282 e. The van der Waals surface area contributed by atoms with Gasteiger partial charge in [-0.3, -0.25) is 4.98 Å². The minimum absolute atomic E-state index is 0.263. The summed E-state index contributed by atoms with van der Waals surface area (Å²) in [6, 6.07) is 5.49. The Morgan fingerprint density at radius 1 is 1.03 bits per heavy atom. The summed E-state index contributed by atoms with van der Waals surface area (Å²) in [7, 11) is -3.51. The molecule has 0 spiro atoms. The number of nitrogens with zero attached hydrogens (tertiary/aromatic N) is 5. The monoisotopic (exact) mass is 418 g/mol. The Morgan fingerprint density at radius 3 is 2.28 bits per heavy atom. The first-order valence-corrected chi connectivity index (χ1v) is 11.5. The lowest BCUT2D eigenvalue weighted by atomic mass is 10.1. The molecule has 0 aromatic carbocycles. The summed E-state index contributed by atoms with van der Waals surface area (Å²) in [5.74, 6) is 0.526. The molecule has 2 aromatic rings. The van der Waals surface area contributed by atoms with Crippen molar-refractivity contribution in [1.82, 2.24) is 23.6 Å². The number of hydrogen-bond acceptors (Lipinski definition) is 6. The summed E-state index contributed by atoms with van der Waals surface area (Å²) >= 11 is 0. The molecule has 3 heterocycles. The summed E-state index contributed by atoms with van der Waals surface area (Å²) < 4.78 is 29.3. The van der Waals surface area contributed by atoms with Crippen LogP contribution in [-0.2, 0) is 10.2 Å². The molecule has 1 fully saturated rings. The van der Waals surface area contributed by atoms with Crippen molar-refractivity contribution in [3.05, 3.63) is 41.0 Å². The Balaban J connectivity index is 1.92. The van der Waals surface area contributed by atoms with Crippen LogP contribution in [0.1, 0.15) is 55.5 Å². The molecule has 1 aliphatic heterocycles. The maximum atomic E-state index is 13.1. The van der Waals surface area contributed by atoms with Crippen LogP contribution in [0.5, 0.6) is 0 Å². The summed E-state index contributed by atoms with van der Waals surface area (Å²) in [5.41, 5.74) is 4.16. The second-order valence-corrected chi connectivity index (χ2v) is 9.26. The fraction of sp³-hybridized carbons (Fsp3) is 0.550. The lowest BCUT2D eigenvalue weighted by molar-refractivity contribution is 0.335. The van der Waals surface area contributed by atoms with Gasteiger partial charge in [-0.25, -0.2) is 9.97 Å². The van der Waals surface area contributed by atoms with Gasteiger partial charge in [0.15, 0.2) is 0 Å². The number of anilines is 2. The third kappa shape index (κ3) is 4.73. The van der Waals surface area contributed by atoms with Gasteiger partial charge in [-0.15, -0.1) is 0 Å². The van der Waals surface area contributed by atoms with E-state index in [2.05, 4.69) is 20.3 Å². The summed E-state index contributed by atoms with van der Waals surface area (Å²) in [6.45, 7) is 10.9. The first kappa shape index (κ1) is 21.6. The largest absolute Gasteiger partial charge is 0.324 e. The lowest BCUT2D eigenvalue weighted by Gasteiger charge is -2.29. The first-order chi connectivity index (χ1) is 13.7. The van der Waals surface area contributed by atoms with Crippen LogP contribution in [0.4, 0.5) is 11.6 Å². The Labute approximate surface area is 173 Å². The normalized spacial score (nSPS) is 17.8. The van der Waals surface area contributed by atoms with Crippen molar-refractivity contribution in [3.63, 3.8) is 0 Å². The molecule has 1 saturated heterocycles. The number of aromatic nitrogens is 3. The van der Waals surface area contributed by atoms with Crippen LogP contribution in [0.25, 0.3) is 0 Å². The molecule has 1 atom stereocenters. The molecule has 0 radical (unpaired) electrons. The maximum Gasteiger partial charge on any atom is 0.282 e. The minimum atomic E-state index is -3.51. The number of nitrogens with one attached hydrogen (secondary N) is 1. The highest BCUT2D eigenvalue weighted by Gasteiger charge is 2.38. The molecule has 8 nitrogen and oxygen atoms in total. The van der Waals surface area contributed by atoms with E-state index in [0.717, 1.165) is 41.3 Å². The summed E-state index contributed by atoms with van der Waals surface area (Å²) in [6.07, 6.45) is 1.58. The molecule has 0 amide bonds. The van der Waals surface area contributed by atoms with Gasteiger partial charge in [0.05, 0.1) is 11.7 Å². The predicted octanol–water partition coefficient (Wildman–Crippen LogP) is 3.26. The van der Waals surface area contributed by atoms with Crippen LogP contribution < -0.4 is 5.32 Å². The third-order valence-corrected chi connectivity index (χ3v) is 7.28. The van der Waals surface area contributed by atoms with Crippen molar-refractivity contribution < 1.29 is 8.42 Å². The van der Waals surface area contributed by atoms with Crippen LogP contribution in [0, 0.1) is 20.8 Å². The van der Waals surface area contributed by atoms with Gasteiger partial charge < -0.3 is 5.32 Å². The number of hydrogen-bond donors (Lipinski definition) is 1. The zero-order valence-electron chi connectivity index (χ0n) is 17.8. The van der Waals surface area contributed by atoms with E-state index in [-0.39, 0.29) is 6.04 Å². The SMILES string of the molecule is CCN(CC)S(=O)(=O)N1CCC[C@H]1c1cc(Nc2nc(C)cc(C)n2)cc(C)n1. The lowest BCUT2D eigenvalue weighted by Crippen LogP contribution is -2.43. The van der Waals surface area contributed by atoms with Gasteiger partial charge in [-0.2, -0.15) is 17.0 Å². The predicted molar refractivity (Wildman–Crippen MR) is 114 cm³/mol. The first-order valence-electron chi connectivity index (χ1n) is 10.1. The molecule has 1 N–H and O–H groups in total. The Hall–Kier alpha value is -2.10. The van der Waals surface area contributed by atoms with Crippen molar-refractivity contribution in [2.24, 2.45) is 0 Å². The van der Waals surface area contributed by atoms with Crippen molar-refractivity contribution in [1.29, 1.82) is 0 Å². The molecule has 29 heavy (non-hydrogen) atoms. The zero-order chi connectivity index (χ0) is 21.2. The van der Waals surface area contributed by atoms with E-state index in [0.29, 0.717) is 25.6 Å². The highest BCUT2D eigenvalue weighted by molar-refractivity contribution is 7.86. The second kappa shape index (κ2) is 8.73. The summed E-state index contributed by atoms with van der Waals surface area (Å²) in [5, 5.41) is 3.25. The molecule has 3 rings (SSSR count). The van der Waals surface area contributed by atoms with E-state index in [9.17, 15) is 8.42 Å². The fourth-order valence-electron chi connectivity index (χ4n) is 3.86.